The zero-order chi connectivity index (χ0) is 23.3. The van der Waals surface area contributed by atoms with E-state index >= 15 is 0 Å². The Morgan fingerprint density at radius 1 is 1.09 bits per heavy atom. The molecule has 0 spiro atoms. The van der Waals surface area contributed by atoms with Crippen molar-refractivity contribution in [1.29, 1.82) is 0 Å². The van der Waals surface area contributed by atoms with Gasteiger partial charge in [0.2, 0.25) is 10.0 Å². The van der Waals surface area contributed by atoms with E-state index in [4.69, 9.17) is 4.99 Å². The Morgan fingerprint density at radius 2 is 1.91 bits per heavy atom. The summed E-state index contributed by atoms with van der Waals surface area (Å²) in [5.41, 5.74) is 2.86. The Hall–Kier alpha value is -2.22. The SMILES string of the molecule is CCCCCn1c(-c2cccc(S(=O)(=O)N3CCCC(C)C3)c2)csc1=Nc1ccccc1. The zero-order valence-corrected chi connectivity index (χ0v) is 21.1. The van der Waals surface area contributed by atoms with Crippen LogP contribution in [0.1, 0.15) is 46.0 Å². The average Bonchev–Trinajstić information content (AvgIpc) is 3.22. The molecule has 0 N–H and O–H groups in total. The molecule has 1 aliphatic rings. The minimum Gasteiger partial charge on any atom is -0.316 e. The lowest BCUT2D eigenvalue weighted by Crippen LogP contribution is -2.39. The van der Waals surface area contributed by atoms with Gasteiger partial charge in [-0.25, -0.2) is 13.4 Å². The molecule has 7 heteroatoms. The summed E-state index contributed by atoms with van der Waals surface area (Å²) in [5, 5.41) is 2.10. The predicted octanol–water partition coefficient (Wildman–Crippen LogP) is 6.06. The molecule has 1 saturated heterocycles. The third-order valence-electron chi connectivity index (χ3n) is 6.15. The molecule has 0 amide bonds. The van der Waals surface area contributed by atoms with E-state index in [1.54, 1.807) is 21.7 Å². The van der Waals surface area contributed by atoms with Crippen LogP contribution in [0.25, 0.3) is 11.3 Å². The Kier molecular flexibility index (Phi) is 7.83. The van der Waals surface area contributed by atoms with Gasteiger partial charge in [0.05, 0.1) is 16.3 Å². The molecule has 2 aromatic carbocycles. The van der Waals surface area contributed by atoms with Crippen LogP contribution >= 0.6 is 11.3 Å². The molecular weight excluding hydrogens is 450 g/mol. The molecule has 0 saturated carbocycles. The molecule has 0 bridgehead atoms. The van der Waals surface area contributed by atoms with Crippen molar-refractivity contribution in [2.24, 2.45) is 10.9 Å². The Balaban J connectivity index is 1.72. The van der Waals surface area contributed by atoms with E-state index in [1.165, 1.54) is 0 Å². The van der Waals surface area contributed by atoms with Crippen molar-refractivity contribution in [2.45, 2.75) is 57.4 Å². The smallest absolute Gasteiger partial charge is 0.243 e. The molecule has 33 heavy (non-hydrogen) atoms. The Labute approximate surface area is 201 Å². The van der Waals surface area contributed by atoms with Crippen LogP contribution in [0, 0.1) is 5.92 Å². The monoisotopic (exact) mass is 483 g/mol. The van der Waals surface area contributed by atoms with Crippen molar-refractivity contribution in [2.75, 3.05) is 13.1 Å². The van der Waals surface area contributed by atoms with Gasteiger partial charge in [-0.3, -0.25) is 0 Å². The quantitative estimate of drug-likeness (QED) is 0.366. The normalized spacial score (nSPS) is 18.0. The van der Waals surface area contributed by atoms with Crippen molar-refractivity contribution < 1.29 is 8.42 Å². The Bertz CT molecular complexity index is 1230. The molecule has 4 rings (SSSR count). The molecule has 1 fully saturated rings. The summed E-state index contributed by atoms with van der Waals surface area (Å²) < 4.78 is 30.6. The minimum absolute atomic E-state index is 0.377. The number of benzene rings is 2. The molecule has 3 aromatic rings. The molecule has 0 radical (unpaired) electrons. The predicted molar refractivity (Wildman–Crippen MR) is 136 cm³/mol. The van der Waals surface area contributed by atoms with Crippen LogP contribution in [0.2, 0.25) is 0 Å². The highest BCUT2D eigenvalue weighted by atomic mass is 32.2. The van der Waals surface area contributed by atoms with Gasteiger partial charge in [0.15, 0.2) is 4.80 Å². The lowest BCUT2D eigenvalue weighted by molar-refractivity contribution is 0.281. The van der Waals surface area contributed by atoms with Crippen molar-refractivity contribution in [3.8, 4) is 11.3 Å². The Morgan fingerprint density at radius 3 is 2.67 bits per heavy atom. The molecule has 5 nitrogen and oxygen atoms in total. The first kappa shape index (κ1) is 23.9. The molecular formula is C26H33N3O2S2. The lowest BCUT2D eigenvalue weighted by Gasteiger charge is -2.30. The molecule has 176 valence electrons. The van der Waals surface area contributed by atoms with Gasteiger partial charge in [-0.15, -0.1) is 11.3 Å². The summed E-state index contributed by atoms with van der Waals surface area (Å²) in [5.74, 6) is 0.400. The van der Waals surface area contributed by atoms with E-state index < -0.39 is 10.0 Å². The summed E-state index contributed by atoms with van der Waals surface area (Å²) in [4.78, 5) is 6.19. The summed E-state index contributed by atoms with van der Waals surface area (Å²) in [6, 6.07) is 17.4. The number of nitrogens with zero attached hydrogens (tertiary/aromatic N) is 3. The van der Waals surface area contributed by atoms with Crippen LogP contribution < -0.4 is 4.80 Å². The van der Waals surface area contributed by atoms with Crippen LogP contribution in [0.15, 0.2) is 69.9 Å². The van der Waals surface area contributed by atoms with Gasteiger partial charge in [-0.2, -0.15) is 4.31 Å². The average molecular weight is 484 g/mol. The molecule has 1 aromatic heterocycles. The highest BCUT2D eigenvalue weighted by Gasteiger charge is 2.29. The second kappa shape index (κ2) is 10.8. The second-order valence-corrected chi connectivity index (χ2v) is 11.6. The number of para-hydroxylation sites is 1. The van der Waals surface area contributed by atoms with Gasteiger partial charge in [-0.05, 0) is 49.4 Å². The fraction of sp³-hybridized carbons (Fsp3) is 0.423. The lowest BCUT2D eigenvalue weighted by atomic mass is 10.0. The van der Waals surface area contributed by atoms with Crippen molar-refractivity contribution in [1.82, 2.24) is 8.87 Å². The van der Waals surface area contributed by atoms with Crippen LogP contribution in [0.5, 0.6) is 0 Å². The summed E-state index contributed by atoms with van der Waals surface area (Å²) in [6.07, 6.45) is 5.37. The van der Waals surface area contributed by atoms with Crippen LogP contribution in [0.3, 0.4) is 0 Å². The number of rotatable bonds is 8. The van der Waals surface area contributed by atoms with Crippen LogP contribution in [0.4, 0.5) is 5.69 Å². The summed E-state index contributed by atoms with van der Waals surface area (Å²) in [6.45, 7) is 6.39. The molecule has 2 heterocycles. The first-order chi connectivity index (χ1) is 16.0. The van der Waals surface area contributed by atoms with Crippen molar-refractivity contribution in [3.05, 3.63) is 64.8 Å². The van der Waals surface area contributed by atoms with Gasteiger partial charge in [0.1, 0.15) is 0 Å². The molecule has 1 unspecified atom stereocenters. The minimum atomic E-state index is -3.50. The van der Waals surface area contributed by atoms with E-state index in [1.807, 2.05) is 48.5 Å². The standard InChI is InChI=1S/C26H33N3O2S2/c1-3-4-8-17-29-25(20-32-26(29)27-23-13-6-5-7-14-23)22-12-9-15-24(18-22)33(30,31)28-16-10-11-21(2)19-28/h5-7,9,12-15,18,20-21H,3-4,8,10-11,16-17,19H2,1-2H3. The number of hydrogen-bond donors (Lipinski definition) is 0. The van der Waals surface area contributed by atoms with Gasteiger partial charge in [-0.1, -0.05) is 57.0 Å². The molecule has 0 aliphatic carbocycles. The summed E-state index contributed by atoms with van der Waals surface area (Å²) >= 11 is 1.60. The number of unbranched alkanes of at least 4 members (excludes halogenated alkanes) is 2. The van der Waals surface area contributed by atoms with E-state index in [0.29, 0.717) is 23.9 Å². The topological polar surface area (TPSA) is 54.7 Å². The number of sulfonamides is 1. The van der Waals surface area contributed by atoms with E-state index in [2.05, 4.69) is 23.8 Å². The highest BCUT2D eigenvalue weighted by Crippen LogP contribution is 2.28. The van der Waals surface area contributed by atoms with Crippen LogP contribution in [-0.4, -0.2) is 30.4 Å². The largest absolute Gasteiger partial charge is 0.316 e. The maximum absolute atomic E-state index is 13.4. The zero-order valence-electron chi connectivity index (χ0n) is 19.5. The first-order valence-electron chi connectivity index (χ1n) is 11.9. The van der Waals surface area contributed by atoms with E-state index in [-0.39, 0.29) is 0 Å². The van der Waals surface area contributed by atoms with Crippen LogP contribution in [-0.2, 0) is 16.6 Å². The highest BCUT2D eigenvalue weighted by molar-refractivity contribution is 7.89. The van der Waals surface area contributed by atoms with E-state index in [9.17, 15) is 8.42 Å². The maximum atomic E-state index is 13.4. The number of aromatic nitrogens is 1. The number of thiazole rings is 1. The fourth-order valence-corrected chi connectivity index (χ4v) is 6.93. The van der Waals surface area contributed by atoms with Gasteiger partial charge >= 0.3 is 0 Å². The van der Waals surface area contributed by atoms with Crippen molar-refractivity contribution in [3.63, 3.8) is 0 Å². The maximum Gasteiger partial charge on any atom is 0.243 e. The van der Waals surface area contributed by atoms with E-state index in [0.717, 1.165) is 60.4 Å². The number of hydrogen-bond acceptors (Lipinski definition) is 4. The second-order valence-electron chi connectivity index (χ2n) is 8.85. The third kappa shape index (κ3) is 5.65. The van der Waals surface area contributed by atoms with Gasteiger partial charge in [0, 0.05) is 30.6 Å². The first-order valence-corrected chi connectivity index (χ1v) is 14.2. The molecule has 1 aliphatic heterocycles. The summed E-state index contributed by atoms with van der Waals surface area (Å²) in [7, 11) is -3.50. The molecule has 1 atom stereocenters. The number of piperidine rings is 1. The fourth-order valence-electron chi connectivity index (χ4n) is 4.33. The third-order valence-corrected chi connectivity index (χ3v) is 8.88. The van der Waals surface area contributed by atoms with Gasteiger partial charge in [0.25, 0.3) is 0 Å². The van der Waals surface area contributed by atoms with Gasteiger partial charge < -0.3 is 4.57 Å². The van der Waals surface area contributed by atoms with Crippen molar-refractivity contribution >= 4 is 27.0 Å².